The van der Waals surface area contributed by atoms with Crippen LogP contribution in [0.3, 0.4) is 0 Å². The minimum Gasteiger partial charge on any atom is -0.352 e. The molecular weight excluding hydrogens is 487 g/mol. The molecule has 1 aliphatic carbocycles. The van der Waals surface area contributed by atoms with E-state index < -0.39 is 6.04 Å². The minimum absolute atomic E-state index is 0.123. The fourth-order valence-corrected chi connectivity index (χ4v) is 4.98. The average molecular weight is 514 g/mol. The third-order valence-corrected chi connectivity index (χ3v) is 7.62. The van der Waals surface area contributed by atoms with Gasteiger partial charge < -0.3 is 10.2 Å². The second kappa shape index (κ2) is 12.2. The maximum Gasteiger partial charge on any atom is 0.242 e. The number of carbonyl (C=O) groups is 2. The van der Waals surface area contributed by atoms with Crippen molar-refractivity contribution in [3.8, 4) is 0 Å². The highest BCUT2D eigenvalue weighted by Gasteiger charge is 2.28. The standard InChI is InChI=1S/C24H27Cl3N2O2S/c1-16(24(31)28-19-5-3-2-4-6-19)29(14-17-7-12-21(26)22(27)13-17)23(30)15-32-20-10-8-18(25)9-11-20/h7-13,16,19H,2-6,14-15H2,1H3,(H,28,31)/t16-/m1/s1. The number of carbonyl (C=O) groups excluding carboxylic acids is 2. The third-order valence-electron chi connectivity index (χ3n) is 5.63. The maximum atomic E-state index is 13.2. The molecule has 1 saturated carbocycles. The molecule has 0 aromatic heterocycles. The number of thioether (sulfide) groups is 1. The van der Waals surface area contributed by atoms with E-state index in [0.29, 0.717) is 15.1 Å². The van der Waals surface area contributed by atoms with Crippen molar-refractivity contribution in [2.75, 3.05) is 5.75 Å². The van der Waals surface area contributed by atoms with Crippen molar-refractivity contribution in [1.82, 2.24) is 10.2 Å². The van der Waals surface area contributed by atoms with Crippen molar-refractivity contribution in [3.05, 3.63) is 63.1 Å². The lowest BCUT2D eigenvalue weighted by Crippen LogP contribution is -2.50. The molecule has 0 unspecified atom stereocenters. The van der Waals surface area contributed by atoms with Gasteiger partial charge in [-0.2, -0.15) is 0 Å². The zero-order chi connectivity index (χ0) is 23.1. The molecule has 1 fully saturated rings. The van der Waals surface area contributed by atoms with Gasteiger partial charge in [-0.1, -0.05) is 60.1 Å². The lowest BCUT2D eigenvalue weighted by molar-refractivity contribution is -0.139. The fourth-order valence-electron chi connectivity index (χ4n) is 3.74. The Bertz CT molecular complexity index is 933. The summed E-state index contributed by atoms with van der Waals surface area (Å²) in [5, 5.41) is 4.66. The van der Waals surface area contributed by atoms with Crippen LogP contribution in [0.2, 0.25) is 15.1 Å². The molecule has 172 valence electrons. The summed E-state index contributed by atoms with van der Waals surface area (Å²) in [6, 6.07) is 12.2. The van der Waals surface area contributed by atoms with Crippen molar-refractivity contribution in [3.63, 3.8) is 0 Å². The van der Waals surface area contributed by atoms with Crippen molar-refractivity contribution in [2.45, 2.75) is 62.6 Å². The number of halogens is 3. The Hall–Kier alpha value is -1.40. The largest absolute Gasteiger partial charge is 0.352 e. The van der Waals surface area contributed by atoms with E-state index in [1.807, 2.05) is 18.2 Å². The van der Waals surface area contributed by atoms with E-state index in [-0.39, 0.29) is 30.2 Å². The first-order valence-corrected chi connectivity index (χ1v) is 12.9. The first-order valence-electron chi connectivity index (χ1n) is 10.8. The van der Waals surface area contributed by atoms with E-state index in [0.717, 1.165) is 36.1 Å². The summed E-state index contributed by atoms with van der Waals surface area (Å²) in [4.78, 5) is 28.8. The second-order valence-corrected chi connectivity index (χ2v) is 10.3. The Labute approximate surface area is 209 Å². The molecule has 0 heterocycles. The van der Waals surface area contributed by atoms with Gasteiger partial charge in [0.25, 0.3) is 0 Å². The number of amides is 2. The van der Waals surface area contributed by atoms with Crippen LogP contribution in [0.1, 0.15) is 44.6 Å². The molecule has 2 amide bonds. The first-order chi connectivity index (χ1) is 15.3. The van der Waals surface area contributed by atoms with E-state index in [1.54, 1.807) is 36.1 Å². The molecule has 0 aliphatic heterocycles. The van der Waals surface area contributed by atoms with Gasteiger partial charge in [0.15, 0.2) is 0 Å². The third kappa shape index (κ3) is 7.31. The molecule has 0 radical (unpaired) electrons. The van der Waals surface area contributed by atoms with Gasteiger partial charge in [-0.15, -0.1) is 11.8 Å². The monoisotopic (exact) mass is 512 g/mol. The molecule has 32 heavy (non-hydrogen) atoms. The van der Waals surface area contributed by atoms with E-state index in [1.165, 1.54) is 18.2 Å². The molecule has 0 spiro atoms. The summed E-state index contributed by atoms with van der Waals surface area (Å²) < 4.78 is 0. The summed E-state index contributed by atoms with van der Waals surface area (Å²) in [6.45, 7) is 2.05. The van der Waals surface area contributed by atoms with Crippen LogP contribution in [-0.2, 0) is 16.1 Å². The van der Waals surface area contributed by atoms with Gasteiger partial charge in [0.05, 0.1) is 15.8 Å². The van der Waals surface area contributed by atoms with Crippen LogP contribution in [0.4, 0.5) is 0 Å². The van der Waals surface area contributed by atoms with Crippen molar-refractivity contribution >= 4 is 58.4 Å². The van der Waals surface area contributed by atoms with Crippen molar-refractivity contribution in [1.29, 1.82) is 0 Å². The molecule has 0 bridgehead atoms. The fraction of sp³-hybridized carbons (Fsp3) is 0.417. The first kappa shape index (κ1) is 25.2. The Morgan fingerprint density at radius 2 is 1.72 bits per heavy atom. The predicted molar refractivity (Wildman–Crippen MR) is 134 cm³/mol. The summed E-state index contributed by atoms with van der Waals surface area (Å²) in [6.07, 6.45) is 5.45. The number of nitrogens with one attached hydrogen (secondary N) is 1. The lowest BCUT2D eigenvalue weighted by Gasteiger charge is -2.31. The molecule has 4 nitrogen and oxygen atoms in total. The normalized spacial score (nSPS) is 15.2. The molecule has 2 aromatic rings. The van der Waals surface area contributed by atoms with Gasteiger partial charge in [-0.25, -0.2) is 0 Å². The quantitative estimate of drug-likeness (QED) is 0.404. The Kier molecular flexibility index (Phi) is 9.60. The predicted octanol–water partition coefficient (Wildman–Crippen LogP) is 6.61. The molecular formula is C24H27Cl3N2O2S. The molecule has 1 aliphatic rings. The lowest BCUT2D eigenvalue weighted by atomic mass is 9.95. The second-order valence-electron chi connectivity index (χ2n) is 8.03. The molecule has 1 N–H and O–H groups in total. The zero-order valence-electron chi connectivity index (χ0n) is 18.0. The van der Waals surface area contributed by atoms with Gasteiger partial charge in [0, 0.05) is 22.5 Å². The highest BCUT2D eigenvalue weighted by Crippen LogP contribution is 2.25. The Morgan fingerprint density at radius 1 is 1.03 bits per heavy atom. The number of hydrogen-bond donors (Lipinski definition) is 1. The number of benzene rings is 2. The number of rotatable bonds is 8. The molecule has 0 saturated heterocycles. The van der Waals surface area contributed by atoms with E-state index in [2.05, 4.69) is 5.32 Å². The summed E-state index contributed by atoms with van der Waals surface area (Å²) in [5.74, 6) is -0.0339. The summed E-state index contributed by atoms with van der Waals surface area (Å²) >= 11 is 19.6. The smallest absolute Gasteiger partial charge is 0.242 e. The van der Waals surface area contributed by atoms with Gasteiger partial charge in [0.1, 0.15) is 6.04 Å². The van der Waals surface area contributed by atoms with Crippen LogP contribution in [0, 0.1) is 0 Å². The number of hydrogen-bond acceptors (Lipinski definition) is 3. The SMILES string of the molecule is C[C@H](C(=O)NC1CCCCC1)N(Cc1ccc(Cl)c(Cl)c1)C(=O)CSc1ccc(Cl)cc1. The van der Waals surface area contributed by atoms with Gasteiger partial charge in [-0.3, -0.25) is 9.59 Å². The summed E-state index contributed by atoms with van der Waals surface area (Å²) in [7, 11) is 0. The van der Waals surface area contributed by atoms with E-state index in [9.17, 15) is 9.59 Å². The van der Waals surface area contributed by atoms with Crippen LogP contribution < -0.4 is 5.32 Å². The molecule has 1 atom stereocenters. The molecule has 2 aromatic carbocycles. The van der Waals surface area contributed by atoms with Crippen LogP contribution >= 0.6 is 46.6 Å². The molecule has 3 rings (SSSR count). The van der Waals surface area contributed by atoms with Crippen LogP contribution in [0.25, 0.3) is 0 Å². The van der Waals surface area contributed by atoms with Gasteiger partial charge >= 0.3 is 0 Å². The Balaban J connectivity index is 1.72. The van der Waals surface area contributed by atoms with Crippen LogP contribution in [0.5, 0.6) is 0 Å². The van der Waals surface area contributed by atoms with Crippen LogP contribution in [-0.4, -0.2) is 34.6 Å². The topological polar surface area (TPSA) is 49.4 Å². The Morgan fingerprint density at radius 3 is 2.38 bits per heavy atom. The molecule has 8 heteroatoms. The van der Waals surface area contributed by atoms with E-state index in [4.69, 9.17) is 34.8 Å². The van der Waals surface area contributed by atoms with Crippen molar-refractivity contribution in [2.24, 2.45) is 0 Å². The highest BCUT2D eigenvalue weighted by atomic mass is 35.5. The average Bonchev–Trinajstić information content (AvgIpc) is 2.79. The van der Waals surface area contributed by atoms with Crippen molar-refractivity contribution < 1.29 is 9.59 Å². The number of nitrogens with zero attached hydrogens (tertiary/aromatic N) is 1. The van der Waals surface area contributed by atoms with Gasteiger partial charge in [-0.05, 0) is 61.7 Å². The van der Waals surface area contributed by atoms with Gasteiger partial charge in [0.2, 0.25) is 11.8 Å². The van der Waals surface area contributed by atoms with Crippen LogP contribution in [0.15, 0.2) is 47.4 Å². The van der Waals surface area contributed by atoms with E-state index >= 15 is 0 Å². The summed E-state index contributed by atoms with van der Waals surface area (Å²) in [5.41, 5.74) is 0.821. The zero-order valence-corrected chi connectivity index (χ0v) is 21.0. The highest BCUT2D eigenvalue weighted by molar-refractivity contribution is 8.00. The maximum absolute atomic E-state index is 13.2. The minimum atomic E-state index is -0.607.